The van der Waals surface area contributed by atoms with Crippen molar-refractivity contribution >= 4 is 11.7 Å². The third-order valence-electron chi connectivity index (χ3n) is 4.92. The number of nitrogen functional groups attached to an aromatic ring is 1. The Morgan fingerprint density at radius 3 is 2.71 bits per heavy atom. The summed E-state index contributed by atoms with van der Waals surface area (Å²) < 4.78 is 5.73. The number of pyridine rings is 1. The van der Waals surface area contributed by atoms with Crippen molar-refractivity contribution in [2.75, 3.05) is 25.4 Å². The number of para-hydroxylation sites is 1. The number of aliphatic hydroxyl groups excluding tert-OH is 2. The van der Waals surface area contributed by atoms with E-state index >= 15 is 0 Å². The maximum atomic E-state index is 12.9. The number of aryl methyl sites for hydroxylation is 1. The number of aromatic nitrogens is 1. The zero-order valence-corrected chi connectivity index (χ0v) is 15.8. The zero-order valence-electron chi connectivity index (χ0n) is 15.8. The first-order valence-electron chi connectivity index (χ1n) is 9.63. The maximum absolute atomic E-state index is 12.9. The fraction of sp³-hybridized carbons (Fsp3) is 0.429. The van der Waals surface area contributed by atoms with Crippen LogP contribution in [0.5, 0.6) is 5.75 Å². The molecule has 4 N–H and O–H groups in total. The number of aliphatic hydroxyl groups is 2. The van der Waals surface area contributed by atoms with Gasteiger partial charge in [0.2, 0.25) is 0 Å². The average molecular weight is 385 g/mol. The van der Waals surface area contributed by atoms with Crippen molar-refractivity contribution in [3.05, 3.63) is 53.7 Å². The predicted molar refractivity (Wildman–Crippen MR) is 106 cm³/mol. The molecule has 0 spiro atoms. The van der Waals surface area contributed by atoms with Gasteiger partial charge in [-0.2, -0.15) is 0 Å². The first-order valence-corrected chi connectivity index (χ1v) is 9.63. The maximum Gasteiger partial charge on any atom is 0.272 e. The Labute approximate surface area is 164 Å². The number of amides is 1. The van der Waals surface area contributed by atoms with Crippen LogP contribution < -0.4 is 10.5 Å². The standard InChI is InChI=1S/C21H27N3O4/c22-20-10-5-8-16(23-20)21(27)24-12-4-3-7-15-6-1-2-9-19(15)28-14-18(26)17(25)11-13-24/h1-2,5-6,8-10,17-18,25-26H,3-4,7,11-14H2,(H2,22,23)/t17-,18+/m0/s1. The molecule has 1 aromatic heterocycles. The van der Waals surface area contributed by atoms with Gasteiger partial charge in [0.1, 0.15) is 30.0 Å². The van der Waals surface area contributed by atoms with Gasteiger partial charge < -0.3 is 25.6 Å². The van der Waals surface area contributed by atoms with Crippen molar-refractivity contribution in [1.29, 1.82) is 0 Å². The van der Waals surface area contributed by atoms with Crippen LogP contribution in [0.25, 0.3) is 0 Å². The van der Waals surface area contributed by atoms with Crippen molar-refractivity contribution in [3.8, 4) is 5.75 Å². The van der Waals surface area contributed by atoms with Crippen LogP contribution in [0.2, 0.25) is 0 Å². The van der Waals surface area contributed by atoms with Crippen LogP contribution in [0, 0.1) is 0 Å². The number of hydrogen-bond donors (Lipinski definition) is 3. The van der Waals surface area contributed by atoms with Gasteiger partial charge in [0, 0.05) is 13.1 Å². The van der Waals surface area contributed by atoms with Crippen LogP contribution in [-0.4, -0.2) is 57.9 Å². The van der Waals surface area contributed by atoms with Crippen molar-refractivity contribution in [2.24, 2.45) is 0 Å². The molecular formula is C21H27N3O4. The van der Waals surface area contributed by atoms with Crippen LogP contribution in [0.4, 0.5) is 5.82 Å². The second-order valence-corrected chi connectivity index (χ2v) is 7.04. The topological polar surface area (TPSA) is 109 Å². The van der Waals surface area contributed by atoms with Gasteiger partial charge in [-0.05, 0) is 49.4 Å². The number of benzene rings is 1. The van der Waals surface area contributed by atoms with E-state index in [1.807, 2.05) is 24.3 Å². The molecule has 0 radical (unpaired) electrons. The summed E-state index contributed by atoms with van der Waals surface area (Å²) in [5, 5.41) is 20.5. The highest BCUT2D eigenvalue weighted by Crippen LogP contribution is 2.21. The Kier molecular flexibility index (Phi) is 6.84. The molecule has 3 rings (SSSR count). The van der Waals surface area contributed by atoms with Crippen LogP contribution in [0.3, 0.4) is 0 Å². The van der Waals surface area contributed by atoms with Gasteiger partial charge in [0.25, 0.3) is 5.91 Å². The third kappa shape index (κ3) is 5.21. The Hall–Kier alpha value is -2.64. The molecule has 2 heterocycles. The number of hydrogen-bond acceptors (Lipinski definition) is 6. The minimum absolute atomic E-state index is 0.00288. The average Bonchev–Trinajstić information content (AvgIpc) is 2.71. The van der Waals surface area contributed by atoms with Gasteiger partial charge in [-0.15, -0.1) is 0 Å². The molecule has 1 aliphatic rings. The van der Waals surface area contributed by atoms with E-state index in [9.17, 15) is 15.0 Å². The number of anilines is 1. The molecule has 2 atom stereocenters. The smallest absolute Gasteiger partial charge is 0.272 e. The molecule has 0 unspecified atom stereocenters. The van der Waals surface area contributed by atoms with E-state index in [-0.39, 0.29) is 24.6 Å². The van der Waals surface area contributed by atoms with Crippen LogP contribution in [0.1, 0.15) is 35.3 Å². The number of nitrogens with zero attached hydrogens (tertiary/aromatic N) is 2. The van der Waals surface area contributed by atoms with E-state index in [0.29, 0.717) is 18.9 Å². The monoisotopic (exact) mass is 385 g/mol. The normalized spacial score (nSPS) is 21.4. The molecule has 1 aliphatic heterocycles. The number of rotatable bonds is 1. The molecule has 0 saturated heterocycles. The lowest BCUT2D eigenvalue weighted by atomic mass is 10.1. The summed E-state index contributed by atoms with van der Waals surface area (Å²) >= 11 is 0. The molecule has 0 fully saturated rings. The molecule has 0 bridgehead atoms. The van der Waals surface area contributed by atoms with E-state index in [1.54, 1.807) is 23.1 Å². The number of carbonyl (C=O) groups is 1. The minimum atomic E-state index is -1.03. The van der Waals surface area contributed by atoms with Crippen LogP contribution in [-0.2, 0) is 6.42 Å². The molecule has 150 valence electrons. The Morgan fingerprint density at radius 2 is 1.89 bits per heavy atom. The number of ether oxygens (including phenoxy) is 1. The Morgan fingerprint density at radius 1 is 1.07 bits per heavy atom. The first-order chi connectivity index (χ1) is 13.5. The summed E-state index contributed by atoms with van der Waals surface area (Å²) in [6, 6.07) is 12.7. The second-order valence-electron chi connectivity index (χ2n) is 7.04. The lowest BCUT2D eigenvalue weighted by Gasteiger charge is -2.25. The Bertz CT molecular complexity index is 799. The van der Waals surface area contributed by atoms with E-state index in [1.165, 1.54) is 0 Å². The summed E-state index contributed by atoms with van der Waals surface area (Å²) in [6.45, 7) is 0.866. The molecule has 1 aromatic carbocycles. The number of fused-ring (bicyclic) bond motifs is 1. The van der Waals surface area contributed by atoms with Gasteiger partial charge in [0.15, 0.2) is 0 Å². The second kappa shape index (κ2) is 9.52. The van der Waals surface area contributed by atoms with E-state index < -0.39 is 12.2 Å². The fourth-order valence-electron chi connectivity index (χ4n) is 3.28. The zero-order chi connectivity index (χ0) is 19.9. The van der Waals surface area contributed by atoms with Crippen LogP contribution >= 0.6 is 0 Å². The number of carbonyl (C=O) groups excluding carboxylic acids is 1. The number of nitrogens with two attached hydrogens (primary N) is 1. The molecule has 7 heteroatoms. The van der Waals surface area contributed by atoms with Crippen molar-refractivity contribution < 1.29 is 19.7 Å². The van der Waals surface area contributed by atoms with Crippen molar-refractivity contribution in [3.63, 3.8) is 0 Å². The van der Waals surface area contributed by atoms with Crippen LogP contribution in [0.15, 0.2) is 42.5 Å². The molecule has 1 amide bonds. The SMILES string of the molecule is Nc1cccc(C(=O)N2CCCCc3ccccc3OC[C@@H](O)[C@@H](O)CC2)n1. The largest absolute Gasteiger partial charge is 0.491 e. The lowest BCUT2D eigenvalue weighted by Crippen LogP contribution is -2.38. The quantitative estimate of drug-likeness (QED) is 0.688. The molecule has 2 aromatic rings. The van der Waals surface area contributed by atoms with Gasteiger partial charge in [0.05, 0.1) is 6.10 Å². The van der Waals surface area contributed by atoms with Crippen molar-refractivity contribution in [1.82, 2.24) is 9.88 Å². The molecular weight excluding hydrogens is 358 g/mol. The fourth-order valence-corrected chi connectivity index (χ4v) is 3.28. The lowest BCUT2D eigenvalue weighted by molar-refractivity contribution is -0.0150. The molecule has 0 aliphatic carbocycles. The van der Waals surface area contributed by atoms with Gasteiger partial charge >= 0.3 is 0 Å². The highest BCUT2D eigenvalue weighted by Gasteiger charge is 2.23. The summed E-state index contributed by atoms with van der Waals surface area (Å²) in [7, 11) is 0. The van der Waals surface area contributed by atoms with E-state index in [4.69, 9.17) is 10.5 Å². The third-order valence-corrected chi connectivity index (χ3v) is 4.92. The minimum Gasteiger partial charge on any atom is -0.491 e. The van der Waals surface area contributed by atoms with Gasteiger partial charge in [-0.3, -0.25) is 4.79 Å². The van der Waals surface area contributed by atoms with E-state index in [2.05, 4.69) is 4.98 Å². The molecule has 0 saturated carbocycles. The highest BCUT2D eigenvalue weighted by molar-refractivity contribution is 5.92. The Balaban J connectivity index is 1.75. The summed E-state index contributed by atoms with van der Waals surface area (Å²) in [5.74, 6) is 0.798. The first kappa shape index (κ1) is 20.1. The summed E-state index contributed by atoms with van der Waals surface area (Å²) in [4.78, 5) is 18.6. The predicted octanol–water partition coefficient (Wildman–Crippen LogP) is 1.63. The van der Waals surface area contributed by atoms with E-state index in [0.717, 1.165) is 30.6 Å². The highest BCUT2D eigenvalue weighted by atomic mass is 16.5. The molecule has 7 nitrogen and oxygen atoms in total. The summed E-state index contributed by atoms with van der Waals surface area (Å²) in [5.41, 5.74) is 7.04. The van der Waals surface area contributed by atoms with Crippen molar-refractivity contribution in [2.45, 2.75) is 37.9 Å². The summed E-state index contributed by atoms with van der Waals surface area (Å²) in [6.07, 6.45) is 0.738. The van der Waals surface area contributed by atoms with Gasteiger partial charge in [-0.1, -0.05) is 24.3 Å². The van der Waals surface area contributed by atoms with Gasteiger partial charge in [-0.25, -0.2) is 4.98 Å². The molecule has 28 heavy (non-hydrogen) atoms.